The van der Waals surface area contributed by atoms with E-state index in [1.807, 2.05) is 66.7 Å². The zero-order valence-electron chi connectivity index (χ0n) is 16.3. The van der Waals surface area contributed by atoms with Gasteiger partial charge in [-0.2, -0.15) is 0 Å². The van der Waals surface area contributed by atoms with Gasteiger partial charge in [-0.1, -0.05) is 22.0 Å². The molecule has 0 aliphatic carbocycles. The van der Waals surface area contributed by atoms with Gasteiger partial charge in [-0.05, 0) is 60.6 Å². The molecule has 1 aliphatic rings. The topological polar surface area (TPSA) is 49.7 Å². The number of nitrogens with zero attached hydrogens (tertiary/aromatic N) is 1. The largest absolute Gasteiger partial charge is 0.497 e. The highest BCUT2D eigenvalue weighted by Gasteiger charge is 2.52. The number of fused-ring (bicyclic) bond motifs is 1. The summed E-state index contributed by atoms with van der Waals surface area (Å²) in [5.74, 6) is 0. The second-order valence-corrected chi connectivity index (χ2v) is 9.60. The van der Waals surface area contributed by atoms with E-state index < -0.39 is 30.0 Å². The fourth-order valence-electron chi connectivity index (χ4n) is 2.85. The normalized spacial score (nSPS) is 19.2. The molecule has 0 spiro atoms. The van der Waals surface area contributed by atoms with Crippen LogP contribution in [0.2, 0.25) is 0 Å². The fourth-order valence-corrected chi connectivity index (χ4v) is 3.20. The Morgan fingerprint density at radius 1 is 1.15 bits per heavy atom. The molecule has 7 heteroatoms. The Labute approximate surface area is 163 Å². The molecular formula is C19H25BBrNO4. The van der Waals surface area contributed by atoms with Crippen molar-refractivity contribution in [2.45, 2.75) is 65.3 Å². The molecule has 0 saturated carbocycles. The van der Waals surface area contributed by atoms with E-state index >= 15 is 0 Å². The van der Waals surface area contributed by atoms with Crippen LogP contribution in [0.15, 0.2) is 28.9 Å². The van der Waals surface area contributed by atoms with Gasteiger partial charge < -0.3 is 14.0 Å². The zero-order valence-corrected chi connectivity index (χ0v) is 17.9. The Balaban J connectivity index is 2.09. The molecule has 2 heterocycles. The standard InChI is InChI=1S/C19H25BBrNO4/c1-17(2,3)24-16(23)22-11-14(13-9-8-12(21)10-15(13)22)20-25-18(4,5)19(6,7)26-20/h8-11H,1-7H3. The van der Waals surface area contributed by atoms with Crippen molar-refractivity contribution in [1.82, 2.24) is 4.57 Å². The van der Waals surface area contributed by atoms with Gasteiger partial charge in [0.2, 0.25) is 0 Å². The Morgan fingerprint density at radius 2 is 1.73 bits per heavy atom. The fraction of sp³-hybridized carbons (Fsp3) is 0.526. The first kappa shape index (κ1) is 19.5. The molecule has 0 atom stereocenters. The maximum atomic E-state index is 12.7. The van der Waals surface area contributed by atoms with Crippen LogP contribution in [-0.2, 0) is 14.0 Å². The zero-order chi connectivity index (χ0) is 19.5. The van der Waals surface area contributed by atoms with Crippen LogP contribution < -0.4 is 5.46 Å². The summed E-state index contributed by atoms with van der Waals surface area (Å²) in [5.41, 5.74) is 0.0839. The highest BCUT2D eigenvalue weighted by Crippen LogP contribution is 2.37. The summed E-state index contributed by atoms with van der Waals surface area (Å²) in [4.78, 5) is 12.7. The summed E-state index contributed by atoms with van der Waals surface area (Å²) in [7, 11) is -0.549. The maximum Gasteiger partial charge on any atom is 0.497 e. The van der Waals surface area contributed by atoms with Crippen LogP contribution in [0, 0.1) is 0 Å². The van der Waals surface area contributed by atoms with Crippen molar-refractivity contribution in [1.29, 1.82) is 0 Å². The average Bonchev–Trinajstić information content (AvgIpc) is 2.91. The van der Waals surface area contributed by atoms with Crippen molar-refractivity contribution in [3.05, 3.63) is 28.9 Å². The summed E-state index contributed by atoms with van der Waals surface area (Å²) in [6.07, 6.45) is 1.33. The first-order valence-corrected chi connectivity index (χ1v) is 9.49. The number of hydrogen-bond acceptors (Lipinski definition) is 4. The number of rotatable bonds is 1. The van der Waals surface area contributed by atoms with Gasteiger partial charge in [-0.15, -0.1) is 0 Å². The van der Waals surface area contributed by atoms with Crippen molar-refractivity contribution in [2.24, 2.45) is 0 Å². The average molecular weight is 422 g/mol. The van der Waals surface area contributed by atoms with E-state index in [-0.39, 0.29) is 0 Å². The van der Waals surface area contributed by atoms with E-state index in [4.69, 9.17) is 14.0 Å². The van der Waals surface area contributed by atoms with Crippen molar-refractivity contribution < 1.29 is 18.8 Å². The first-order valence-electron chi connectivity index (χ1n) is 8.70. The number of carbonyl (C=O) groups excluding carboxylic acids is 1. The minimum absolute atomic E-state index is 0.427. The number of hydrogen-bond donors (Lipinski definition) is 0. The lowest BCUT2D eigenvalue weighted by molar-refractivity contribution is 0.00578. The van der Waals surface area contributed by atoms with E-state index in [9.17, 15) is 4.79 Å². The molecule has 1 aliphatic heterocycles. The van der Waals surface area contributed by atoms with Gasteiger partial charge in [-0.25, -0.2) is 4.79 Å². The number of carbonyl (C=O) groups is 1. The second-order valence-electron chi connectivity index (χ2n) is 8.68. The number of ether oxygens (including phenoxy) is 1. The van der Waals surface area contributed by atoms with Crippen molar-refractivity contribution >= 4 is 45.5 Å². The third kappa shape index (κ3) is 3.44. The van der Waals surface area contributed by atoms with Gasteiger partial charge in [-0.3, -0.25) is 4.57 Å². The van der Waals surface area contributed by atoms with Crippen LogP contribution in [0.3, 0.4) is 0 Å². The van der Waals surface area contributed by atoms with E-state index in [2.05, 4.69) is 15.9 Å². The first-order chi connectivity index (χ1) is 11.8. The molecule has 140 valence electrons. The molecule has 26 heavy (non-hydrogen) atoms. The predicted octanol–water partition coefficient (Wildman–Crippen LogP) is 4.49. The monoisotopic (exact) mass is 421 g/mol. The van der Waals surface area contributed by atoms with E-state index in [0.717, 1.165) is 20.8 Å². The SMILES string of the molecule is CC(C)(C)OC(=O)n1cc(B2OC(C)(C)C(C)(C)O2)c2ccc(Br)cc21. The van der Waals surface area contributed by atoms with Gasteiger partial charge in [0, 0.05) is 21.5 Å². The van der Waals surface area contributed by atoms with Crippen molar-refractivity contribution in [3.8, 4) is 0 Å². The lowest BCUT2D eigenvalue weighted by Crippen LogP contribution is -2.41. The molecule has 3 rings (SSSR count). The smallest absolute Gasteiger partial charge is 0.443 e. The van der Waals surface area contributed by atoms with Gasteiger partial charge >= 0.3 is 13.2 Å². The highest BCUT2D eigenvalue weighted by atomic mass is 79.9. The predicted molar refractivity (Wildman–Crippen MR) is 107 cm³/mol. The summed E-state index contributed by atoms with van der Waals surface area (Å²) in [6, 6.07) is 5.80. The molecule has 1 aromatic heterocycles. The quantitative estimate of drug-likeness (QED) is 0.636. The number of halogens is 1. The third-order valence-corrected chi connectivity index (χ3v) is 5.39. The lowest BCUT2D eigenvalue weighted by atomic mass is 9.79. The van der Waals surface area contributed by atoms with Crippen LogP contribution in [0.1, 0.15) is 48.5 Å². The third-order valence-electron chi connectivity index (χ3n) is 4.90. The molecule has 0 N–H and O–H groups in total. The highest BCUT2D eigenvalue weighted by molar-refractivity contribution is 9.10. The van der Waals surface area contributed by atoms with E-state index in [0.29, 0.717) is 0 Å². The van der Waals surface area contributed by atoms with Crippen molar-refractivity contribution in [2.75, 3.05) is 0 Å². The van der Waals surface area contributed by atoms with Crippen LogP contribution in [0.4, 0.5) is 4.79 Å². The molecule has 1 saturated heterocycles. The minimum Gasteiger partial charge on any atom is -0.443 e. The second kappa shape index (κ2) is 6.11. The molecule has 2 aromatic rings. The van der Waals surface area contributed by atoms with Gasteiger partial charge in [0.05, 0.1) is 16.7 Å². The molecule has 0 amide bonds. The molecule has 1 aromatic carbocycles. The minimum atomic E-state index is -0.579. The number of aromatic nitrogens is 1. The molecule has 1 fully saturated rings. The van der Waals surface area contributed by atoms with E-state index in [1.165, 1.54) is 4.57 Å². The maximum absolute atomic E-state index is 12.7. The summed E-state index contributed by atoms with van der Waals surface area (Å²) in [6.45, 7) is 13.6. The molecule has 5 nitrogen and oxygen atoms in total. The summed E-state index contributed by atoms with van der Waals surface area (Å²) < 4.78 is 20.3. The molecule has 0 bridgehead atoms. The Morgan fingerprint density at radius 3 is 2.27 bits per heavy atom. The lowest BCUT2D eigenvalue weighted by Gasteiger charge is -2.32. The van der Waals surface area contributed by atoms with Crippen LogP contribution >= 0.6 is 15.9 Å². The van der Waals surface area contributed by atoms with Gasteiger partial charge in [0.25, 0.3) is 0 Å². The Bertz CT molecular complexity index is 850. The van der Waals surface area contributed by atoms with Crippen molar-refractivity contribution in [3.63, 3.8) is 0 Å². The molecule has 0 radical (unpaired) electrons. The van der Waals surface area contributed by atoms with Crippen LogP contribution in [-0.4, -0.2) is 34.6 Å². The van der Waals surface area contributed by atoms with Crippen LogP contribution in [0.5, 0.6) is 0 Å². The Hall–Kier alpha value is -1.31. The Kier molecular flexibility index (Phi) is 4.57. The van der Waals surface area contributed by atoms with Crippen LogP contribution in [0.25, 0.3) is 10.9 Å². The van der Waals surface area contributed by atoms with Gasteiger partial charge in [0.1, 0.15) is 5.60 Å². The molecule has 0 unspecified atom stereocenters. The summed E-state index contributed by atoms with van der Waals surface area (Å²) >= 11 is 3.48. The van der Waals surface area contributed by atoms with E-state index in [1.54, 1.807) is 6.20 Å². The number of benzene rings is 1. The van der Waals surface area contributed by atoms with Gasteiger partial charge in [0.15, 0.2) is 0 Å². The molecular weight excluding hydrogens is 397 g/mol. The summed E-state index contributed by atoms with van der Waals surface area (Å²) in [5, 5.41) is 0.901.